The zero-order valence-corrected chi connectivity index (χ0v) is 11.8. The molecule has 0 radical (unpaired) electrons. The molecule has 1 fully saturated rings. The van der Waals surface area contributed by atoms with Crippen molar-refractivity contribution in [3.63, 3.8) is 0 Å². The molecule has 112 valence electrons. The normalized spacial score (nSPS) is 17.8. The van der Waals surface area contributed by atoms with Crippen LogP contribution < -0.4 is 5.32 Å². The van der Waals surface area contributed by atoms with Gasteiger partial charge in [0.2, 0.25) is 0 Å². The topological polar surface area (TPSA) is 75.9 Å². The fraction of sp³-hybridized carbons (Fsp3) is 0.467. The summed E-state index contributed by atoms with van der Waals surface area (Å²) in [6.45, 7) is 1.78. The van der Waals surface area contributed by atoms with Crippen molar-refractivity contribution in [2.45, 2.75) is 12.8 Å². The van der Waals surface area contributed by atoms with E-state index < -0.39 is 0 Å². The van der Waals surface area contributed by atoms with Gasteiger partial charge in [0.1, 0.15) is 0 Å². The van der Waals surface area contributed by atoms with E-state index in [0.717, 1.165) is 18.4 Å². The molecule has 6 heteroatoms. The highest BCUT2D eigenvalue weighted by Gasteiger charge is 2.32. The maximum Gasteiger partial charge on any atom is 0.255 e. The summed E-state index contributed by atoms with van der Waals surface area (Å²) in [5.74, 6) is -0.157. The Balaban J connectivity index is 1.71. The first-order chi connectivity index (χ1) is 10.2. The fourth-order valence-corrected chi connectivity index (χ4v) is 2.67. The molecule has 0 bridgehead atoms. The second kappa shape index (κ2) is 5.83. The molecule has 0 unspecified atom stereocenters. The van der Waals surface area contributed by atoms with Crippen LogP contribution in [0.15, 0.2) is 30.6 Å². The van der Waals surface area contributed by atoms with Gasteiger partial charge in [-0.3, -0.25) is 4.79 Å². The maximum atomic E-state index is 12.3. The van der Waals surface area contributed by atoms with Crippen molar-refractivity contribution in [1.29, 1.82) is 0 Å². The van der Waals surface area contributed by atoms with Crippen LogP contribution in [0.1, 0.15) is 23.2 Å². The van der Waals surface area contributed by atoms with E-state index in [-0.39, 0.29) is 17.9 Å². The third-order valence-electron chi connectivity index (χ3n) is 4.18. The summed E-state index contributed by atoms with van der Waals surface area (Å²) in [4.78, 5) is 12.3. The third kappa shape index (κ3) is 2.77. The quantitative estimate of drug-likeness (QED) is 0.875. The van der Waals surface area contributed by atoms with Crippen LogP contribution in [-0.2, 0) is 4.74 Å². The van der Waals surface area contributed by atoms with Crippen LogP contribution >= 0.6 is 0 Å². The summed E-state index contributed by atoms with van der Waals surface area (Å²) < 4.78 is 7.00. The van der Waals surface area contributed by atoms with E-state index in [1.165, 1.54) is 0 Å². The van der Waals surface area contributed by atoms with Gasteiger partial charge in [-0.15, -0.1) is 0 Å². The Morgan fingerprint density at radius 1 is 1.43 bits per heavy atom. The molecule has 2 aromatic rings. The number of aromatic nitrogens is 2. The number of hydrogen-bond donors (Lipinski definition) is 2. The van der Waals surface area contributed by atoms with E-state index in [1.807, 2.05) is 18.2 Å². The molecule has 2 aromatic heterocycles. The van der Waals surface area contributed by atoms with Crippen LogP contribution in [0.3, 0.4) is 0 Å². The Morgan fingerprint density at radius 2 is 2.24 bits per heavy atom. The van der Waals surface area contributed by atoms with Gasteiger partial charge in [0.25, 0.3) is 5.91 Å². The number of hydrogen-bond acceptors (Lipinski definition) is 4. The number of aliphatic hydroxyl groups excluding tert-OH is 1. The summed E-state index contributed by atoms with van der Waals surface area (Å²) in [5.41, 5.74) is 1.06. The van der Waals surface area contributed by atoms with Crippen molar-refractivity contribution in [2.75, 3.05) is 26.4 Å². The molecule has 1 saturated heterocycles. The minimum Gasteiger partial charge on any atom is -0.396 e. The lowest BCUT2D eigenvalue weighted by atomic mass is 9.81. The van der Waals surface area contributed by atoms with Crippen LogP contribution in [0.2, 0.25) is 0 Å². The van der Waals surface area contributed by atoms with Gasteiger partial charge in [-0.05, 0) is 25.0 Å². The van der Waals surface area contributed by atoms with E-state index in [9.17, 15) is 9.90 Å². The monoisotopic (exact) mass is 289 g/mol. The Kier molecular flexibility index (Phi) is 3.90. The number of aliphatic hydroxyl groups is 1. The van der Waals surface area contributed by atoms with Crippen molar-refractivity contribution >= 4 is 11.4 Å². The highest BCUT2D eigenvalue weighted by molar-refractivity contribution is 6.00. The summed E-state index contributed by atoms with van der Waals surface area (Å²) in [5, 5.41) is 16.7. The molecule has 6 nitrogen and oxygen atoms in total. The average Bonchev–Trinajstić information content (AvgIpc) is 2.98. The number of fused-ring (bicyclic) bond motifs is 1. The number of carbonyl (C=O) groups is 1. The van der Waals surface area contributed by atoms with Gasteiger partial charge in [0, 0.05) is 31.4 Å². The third-order valence-corrected chi connectivity index (χ3v) is 4.18. The molecule has 0 atom stereocenters. The molecule has 3 rings (SSSR count). The lowest BCUT2D eigenvalue weighted by Crippen LogP contribution is -2.43. The van der Waals surface area contributed by atoms with Crippen molar-refractivity contribution in [3.8, 4) is 0 Å². The SMILES string of the molecule is O=C(NCC1(CO)CCOCC1)c1cnn2ccccc12. The molecule has 0 aromatic carbocycles. The molecule has 0 aliphatic carbocycles. The number of nitrogens with zero attached hydrogens (tertiary/aromatic N) is 2. The summed E-state index contributed by atoms with van der Waals surface area (Å²) >= 11 is 0. The molecule has 21 heavy (non-hydrogen) atoms. The minimum absolute atomic E-state index is 0.0609. The standard InChI is InChI=1S/C15H19N3O3/c19-11-15(4-7-21-8-5-15)10-16-14(20)12-9-17-18-6-2-1-3-13(12)18/h1-3,6,9,19H,4-5,7-8,10-11H2,(H,16,20). The predicted molar refractivity (Wildman–Crippen MR) is 77.1 cm³/mol. The number of ether oxygens (including phenoxy) is 1. The van der Waals surface area contributed by atoms with Crippen molar-refractivity contribution in [1.82, 2.24) is 14.9 Å². The van der Waals surface area contributed by atoms with Gasteiger partial charge in [0.05, 0.1) is 23.9 Å². The average molecular weight is 289 g/mol. The molecule has 0 saturated carbocycles. The fourth-order valence-electron chi connectivity index (χ4n) is 2.67. The molecule has 1 aliphatic rings. The van der Waals surface area contributed by atoms with E-state index in [1.54, 1.807) is 16.9 Å². The van der Waals surface area contributed by atoms with Crippen LogP contribution in [0, 0.1) is 5.41 Å². The van der Waals surface area contributed by atoms with Crippen LogP contribution in [0.4, 0.5) is 0 Å². The second-order valence-corrected chi connectivity index (χ2v) is 5.54. The van der Waals surface area contributed by atoms with Gasteiger partial charge in [0.15, 0.2) is 0 Å². The largest absolute Gasteiger partial charge is 0.396 e. The lowest BCUT2D eigenvalue weighted by Gasteiger charge is -2.35. The van der Waals surface area contributed by atoms with Gasteiger partial charge in [-0.25, -0.2) is 4.52 Å². The van der Waals surface area contributed by atoms with Gasteiger partial charge >= 0.3 is 0 Å². The molecular formula is C15H19N3O3. The highest BCUT2D eigenvalue weighted by Crippen LogP contribution is 2.29. The number of nitrogens with one attached hydrogen (secondary N) is 1. The van der Waals surface area contributed by atoms with Crippen LogP contribution in [0.5, 0.6) is 0 Å². The zero-order valence-electron chi connectivity index (χ0n) is 11.8. The molecule has 2 N–H and O–H groups in total. The first-order valence-electron chi connectivity index (χ1n) is 7.13. The van der Waals surface area contributed by atoms with Crippen LogP contribution in [-0.4, -0.2) is 47.0 Å². The van der Waals surface area contributed by atoms with E-state index in [2.05, 4.69) is 10.4 Å². The van der Waals surface area contributed by atoms with Gasteiger partial charge in [-0.2, -0.15) is 5.10 Å². The van der Waals surface area contributed by atoms with Crippen molar-refractivity contribution in [3.05, 3.63) is 36.2 Å². The number of pyridine rings is 1. The predicted octanol–water partition coefficient (Wildman–Crippen LogP) is 0.853. The number of carbonyl (C=O) groups excluding carboxylic acids is 1. The molecule has 1 amide bonds. The first kappa shape index (κ1) is 14.0. The van der Waals surface area contributed by atoms with Gasteiger partial charge < -0.3 is 15.2 Å². The molecule has 3 heterocycles. The number of amides is 1. The summed E-state index contributed by atoms with van der Waals surface area (Å²) in [7, 11) is 0. The Labute approximate surface area is 122 Å². The molecule has 0 spiro atoms. The van der Waals surface area contributed by atoms with E-state index in [4.69, 9.17) is 4.74 Å². The van der Waals surface area contributed by atoms with Crippen LogP contribution in [0.25, 0.3) is 5.52 Å². The minimum atomic E-state index is -0.267. The second-order valence-electron chi connectivity index (χ2n) is 5.54. The van der Waals surface area contributed by atoms with Crippen molar-refractivity contribution < 1.29 is 14.6 Å². The number of rotatable bonds is 4. The molecular weight excluding hydrogens is 270 g/mol. The Bertz CT molecular complexity index is 632. The smallest absolute Gasteiger partial charge is 0.255 e. The highest BCUT2D eigenvalue weighted by atomic mass is 16.5. The van der Waals surface area contributed by atoms with Gasteiger partial charge in [-0.1, -0.05) is 6.07 Å². The first-order valence-corrected chi connectivity index (χ1v) is 7.13. The van der Waals surface area contributed by atoms with Crippen molar-refractivity contribution in [2.24, 2.45) is 5.41 Å². The summed E-state index contributed by atoms with van der Waals surface area (Å²) in [6, 6.07) is 5.60. The Hall–Kier alpha value is -1.92. The zero-order chi connectivity index (χ0) is 14.7. The Morgan fingerprint density at radius 3 is 3.00 bits per heavy atom. The lowest BCUT2D eigenvalue weighted by molar-refractivity contribution is -0.0146. The summed E-state index contributed by atoms with van der Waals surface area (Å²) in [6.07, 6.45) is 4.90. The van der Waals surface area contributed by atoms with E-state index >= 15 is 0 Å². The maximum absolute atomic E-state index is 12.3. The molecule has 1 aliphatic heterocycles. The van der Waals surface area contributed by atoms with E-state index in [0.29, 0.717) is 25.3 Å².